The lowest BCUT2D eigenvalue weighted by atomic mass is 10.1. The predicted molar refractivity (Wildman–Crippen MR) is 70.7 cm³/mol. The normalized spacial score (nSPS) is 30.2. The maximum atomic E-state index is 4.07. The Labute approximate surface area is 108 Å². The number of nitrogens with one attached hydrogen (secondary N) is 3. The summed E-state index contributed by atoms with van der Waals surface area (Å²) in [5.41, 5.74) is 8.14. The van der Waals surface area contributed by atoms with E-state index in [-0.39, 0.29) is 0 Å². The Morgan fingerprint density at radius 2 is 2.00 bits per heavy atom. The van der Waals surface area contributed by atoms with Gasteiger partial charge in [0.25, 0.3) is 0 Å². The number of nitrogens with zero attached hydrogens (tertiary/aromatic N) is 2. The lowest BCUT2D eigenvalue weighted by Crippen LogP contribution is -2.45. The molecule has 3 heterocycles. The van der Waals surface area contributed by atoms with E-state index in [1.54, 1.807) is 0 Å². The van der Waals surface area contributed by atoms with Crippen LogP contribution >= 0.6 is 0 Å². The summed E-state index contributed by atoms with van der Waals surface area (Å²) in [5.74, 6) is 0. The van der Waals surface area contributed by atoms with Crippen molar-refractivity contribution in [1.82, 2.24) is 26.1 Å². The number of pyridine rings is 1. The topological polar surface area (TPSA) is 52.2 Å². The minimum atomic E-state index is 0.397. The second kappa shape index (κ2) is 5.75. The van der Waals surface area contributed by atoms with Crippen molar-refractivity contribution in [1.29, 1.82) is 0 Å². The van der Waals surface area contributed by atoms with E-state index in [9.17, 15) is 0 Å². The van der Waals surface area contributed by atoms with Gasteiger partial charge < -0.3 is 5.32 Å². The van der Waals surface area contributed by atoms with Crippen molar-refractivity contribution in [2.45, 2.75) is 25.0 Å². The first kappa shape index (κ1) is 12.0. The largest absolute Gasteiger partial charge is 0.315 e. The first-order valence-corrected chi connectivity index (χ1v) is 6.79. The fourth-order valence-electron chi connectivity index (χ4n) is 2.77. The summed E-state index contributed by atoms with van der Waals surface area (Å²) in [6.07, 6.45) is 6.52. The van der Waals surface area contributed by atoms with E-state index in [2.05, 4.69) is 38.2 Å². The van der Waals surface area contributed by atoms with Crippen LogP contribution in [0.1, 0.15) is 24.4 Å². The third kappa shape index (κ3) is 2.70. The second-order valence-electron chi connectivity index (χ2n) is 5.01. The molecule has 5 nitrogen and oxygen atoms in total. The molecule has 1 aromatic rings. The first-order chi connectivity index (χ1) is 8.93. The third-order valence-corrected chi connectivity index (χ3v) is 3.81. The molecular formula is C13H21N5. The number of aromatic nitrogens is 1. The molecule has 2 aliphatic heterocycles. The van der Waals surface area contributed by atoms with Crippen LogP contribution in [0.25, 0.3) is 0 Å². The number of hydrazine groups is 1. The lowest BCUT2D eigenvalue weighted by molar-refractivity contribution is 0.187. The van der Waals surface area contributed by atoms with Crippen LogP contribution in [-0.4, -0.2) is 42.2 Å². The Bertz CT molecular complexity index is 361. The molecule has 0 amide bonds. The summed E-state index contributed by atoms with van der Waals surface area (Å²) in [4.78, 5) is 6.61. The molecule has 1 aromatic heterocycles. The highest BCUT2D eigenvalue weighted by Crippen LogP contribution is 2.23. The van der Waals surface area contributed by atoms with Crippen molar-refractivity contribution in [2.24, 2.45) is 0 Å². The molecule has 2 saturated heterocycles. The van der Waals surface area contributed by atoms with Crippen LogP contribution in [0.15, 0.2) is 24.5 Å². The Balaban J connectivity index is 1.61. The van der Waals surface area contributed by atoms with Crippen molar-refractivity contribution in [2.75, 3.05) is 26.2 Å². The van der Waals surface area contributed by atoms with Crippen molar-refractivity contribution in [3.63, 3.8) is 0 Å². The number of rotatable bonds is 2. The zero-order valence-electron chi connectivity index (χ0n) is 10.6. The SMILES string of the molecule is c1cc(C2CC(N3CCCNCC3)NN2)ccn1. The molecule has 2 atom stereocenters. The monoisotopic (exact) mass is 247 g/mol. The zero-order valence-corrected chi connectivity index (χ0v) is 10.6. The fraction of sp³-hybridized carbons (Fsp3) is 0.615. The van der Waals surface area contributed by atoms with Gasteiger partial charge in [-0.25, -0.2) is 10.9 Å². The van der Waals surface area contributed by atoms with E-state index in [4.69, 9.17) is 0 Å². The summed E-state index contributed by atoms with van der Waals surface area (Å²) in [6.45, 7) is 4.54. The Kier molecular flexibility index (Phi) is 3.85. The van der Waals surface area contributed by atoms with Crippen molar-refractivity contribution in [3.05, 3.63) is 30.1 Å². The van der Waals surface area contributed by atoms with Crippen LogP contribution in [0.2, 0.25) is 0 Å². The quantitative estimate of drug-likeness (QED) is 0.699. The molecule has 0 bridgehead atoms. The Hall–Kier alpha value is -1.01. The van der Waals surface area contributed by atoms with Gasteiger partial charge in [0.1, 0.15) is 0 Å². The lowest BCUT2D eigenvalue weighted by Gasteiger charge is -2.26. The molecule has 2 aliphatic rings. The molecule has 3 N–H and O–H groups in total. The van der Waals surface area contributed by atoms with Gasteiger partial charge in [0, 0.05) is 38.1 Å². The maximum absolute atomic E-state index is 4.07. The standard InChI is InChI=1S/C13H21N5/c1-4-14-7-9-18(8-1)13-10-12(16-17-13)11-2-5-15-6-3-11/h2-3,5-6,12-14,16-17H,1,4,7-10H2. The molecule has 18 heavy (non-hydrogen) atoms. The van der Waals surface area contributed by atoms with E-state index in [0.29, 0.717) is 12.2 Å². The molecule has 0 aliphatic carbocycles. The van der Waals surface area contributed by atoms with Gasteiger partial charge >= 0.3 is 0 Å². The summed E-state index contributed by atoms with van der Waals surface area (Å²) >= 11 is 0. The van der Waals surface area contributed by atoms with Crippen LogP contribution in [0.5, 0.6) is 0 Å². The van der Waals surface area contributed by atoms with Gasteiger partial charge in [0.05, 0.1) is 6.17 Å². The minimum Gasteiger partial charge on any atom is -0.315 e. The third-order valence-electron chi connectivity index (χ3n) is 3.81. The van der Waals surface area contributed by atoms with E-state index >= 15 is 0 Å². The van der Waals surface area contributed by atoms with Crippen molar-refractivity contribution >= 4 is 0 Å². The molecule has 5 heteroatoms. The average Bonchev–Trinajstić information content (AvgIpc) is 2.76. The van der Waals surface area contributed by atoms with Crippen LogP contribution in [0.3, 0.4) is 0 Å². The Morgan fingerprint density at radius 1 is 1.11 bits per heavy atom. The highest BCUT2D eigenvalue weighted by molar-refractivity contribution is 5.16. The fourth-order valence-corrected chi connectivity index (χ4v) is 2.77. The molecule has 3 rings (SSSR count). The molecule has 0 saturated carbocycles. The number of hydrogen-bond acceptors (Lipinski definition) is 5. The molecule has 2 unspecified atom stereocenters. The van der Waals surface area contributed by atoms with Crippen molar-refractivity contribution < 1.29 is 0 Å². The van der Waals surface area contributed by atoms with E-state index < -0.39 is 0 Å². The minimum absolute atomic E-state index is 0.397. The van der Waals surface area contributed by atoms with E-state index in [1.807, 2.05) is 12.4 Å². The molecule has 98 valence electrons. The van der Waals surface area contributed by atoms with Crippen molar-refractivity contribution in [3.8, 4) is 0 Å². The zero-order chi connectivity index (χ0) is 12.2. The maximum Gasteiger partial charge on any atom is 0.0748 e. The molecule has 0 spiro atoms. The van der Waals surface area contributed by atoms with Gasteiger partial charge in [-0.05, 0) is 37.1 Å². The van der Waals surface area contributed by atoms with Gasteiger partial charge in [-0.2, -0.15) is 0 Å². The van der Waals surface area contributed by atoms with Crippen LogP contribution in [-0.2, 0) is 0 Å². The average molecular weight is 247 g/mol. The smallest absolute Gasteiger partial charge is 0.0748 e. The summed E-state index contributed by atoms with van der Waals surface area (Å²) < 4.78 is 0. The van der Waals surface area contributed by atoms with Crippen LogP contribution in [0, 0.1) is 0 Å². The van der Waals surface area contributed by atoms with Gasteiger partial charge in [0.2, 0.25) is 0 Å². The highest BCUT2D eigenvalue weighted by Gasteiger charge is 2.29. The van der Waals surface area contributed by atoms with Crippen LogP contribution < -0.4 is 16.2 Å². The number of hydrogen-bond donors (Lipinski definition) is 3. The second-order valence-corrected chi connectivity index (χ2v) is 5.01. The van der Waals surface area contributed by atoms with Crippen LogP contribution in [0.4, 0.5) is 0 Å². The van der Waals surface area contributed by atoms with Gasteiger partial charge in [-0.15, -0.1) is 0 Å². The predicted octanol–water partition coefficient (Wildman–Crippen LogP) is 0.242. The summed E-state index contributed by atoms with van der Waals surface area (Å²) in [5, 5.41) is 3.45. The van der Waals surface area contributed by atoms with Gasteiger partial charge in [-0.1, -0.05) is 0 Å². The first-order valence-electron chi connectivity index (χ1n) is 6.79. The molecule has 2 fully saturated rings. The molecule has 0 aromatic carbocycles. The highest BCUT2D eigenvalue weighted by atomic mass is 15.5. The van der Waals surface area contributed by atoms with Gasteiger partial charge in [0.15, 0.2) is 0 Å². The Morgan fingerprint density at radius 3 is 2.89 bits per heavy atom. The molecule has 0 radical (unpaired) electrons. The van der Waals surface area contributed by atoms with E-state index in [0.717, 1.165) is 26.1 Å². The summed E-state index contributed by atoms with van der Waals surface area (Å²) in [7, 11) is 0. The van der Waals surface area contributed by atoms with E-state index in [1.165, 1.54) is 18.5 Å². The van der Waals surface area contributed by atoms with Gasteiger partial charge in [-0.3, -0.25) is 9.88 Å². The molecular weight excluding hydrogens is 226 g/mol. The summed E-state index contributed by atoms with van der Waals surface area (Å²) in [6, 6.07) is 4.58.